The van der Waals surface area contributed by atoms with Crippen molar-refractivity contribution >= 4 is 5.78 Å². The van der Waals surface area contributed by atoms with E-state index in [4.69, 9.17) is 0 Å². The quantitative estimate of drug-likeness (QED) is 0.813. The van der Waals surface area contributed by atoms with Gasteiger partial charge in [-0.2, -0.15) is 0 Å². The summed E-state index contributed by atoms with van der Waals surface area (Å²) in [5.74, 6) is 1.20. The summed E-state index contributed by atoms with van der Waals surface area (Å²) in [6.07, 6.45) is 2.35. The number of fused-ring (bicyclic) bond motifs is 1. The van der Waals surface area contributed by atoms with E-state index in [9.17, 15) is 15.0 Å². The summed E-state index contributed by atoms with van der Waals surface area (Å²) in [5, 5.41) is 20.4. The van der Waals surface area contributed by atoms with Gasteiger partial charge in [-0.3, -0.25) is 9.69 Å². The summed E-state index contributed by atoms with van der Waals surface area (Å²) >= 11 is 0. The molecule has 1 saturated heterocycles. The molecule has 26 heavy (non-hydrogen) atoms. The predicted molar refractivity (Wildman–Crippen MR) is 100 cm³/mol. The molecule has 0 radical (unpaired) electrons. The van der Waals surface area contributed by atoms with Crippen molar-refractivity contribution in [3.05, 3.63) is 65.7 Å². The lowest BCUT2D eigenvalue weighted by molar-refractivity contribution is 0.0355. The average molecular weight is 351 g/mol. The van der Waals surface area contributed by atoms with Crippen LogP contribution >= 0.6 is 0 Å². The topological polar surface area (TPSA) is 60.8 Å². The van der Waals surface area contributed by atoms with Gasteiger partial charge in [-0.25, -0.2) is 0 Å². The maximum atomic E-state index is 12.4. The molecule has 2 aromatic carbocycles. The number of carbonyl (C=O) groups excluding carboxylic acids is 1. The van der Waals surface area contributed by atoms with Crippen LogP contribution in [0.4, 0.5) is 0 Å². The first-order chi connectivity index (χ1) is 12.5. The highest BCUT2D eigenvalue weighted by molar-refractivity contribution is 5.97. The van der Waals surface area contributed by atoms with Gasteiger partial charge in [0, 0.05) is 25.1 Å². The second-order valence-corrected chi connectivity index (χ2v) is 7.98. The van der Waals surface area contributed by atoms with E-state index in [-0.39, 0.29) is 11.5 Å². The molecule has 136 valence electrons. The molecule has 2 fully saturated rings. The van der Waals surface area contributed by atoms with Gasteiger partial charge in [-0.1, -0.05) is 30.3 Å². The first-order valence-corrected chi connectivity index (χ1v) is 9.32. The number of phenols is 1. The van der Waals surface area contributed by atoms with Crippen molar-refractivity contribution in [2.24, 2.45) is 11.8 Å². The van der Waals surface area contributed by atoms with Gasteiger partial charge in [0.05, 0.1) is 12.1 Å². The molecule has 4 nitrogen and oxygen atoms in total. The van der Waals surface area contributed by atoms with Crippen molar-refractivity contribution < 1.29 is 15.0 Å². The fourth-order valence-electron chi connectivity index (χ4n) is 4.75. The van der Waals surface area contributed by atoms with Crippen molar-refractivity contribution in [1.82, 2.24) is 4.90 Å². The van der Waals surface area contributed by atoms with E-state index < -0.39 is 5.60 Å². The molecule has 1 aliphatic carbocycles. The number of hydrogen-bond acceptors (Lipinski definition) is 4. The Labute approximate surface area is 154 Å². The van der Waals surface area contributed by atoms with Gasteiger partial charge in [0.15, 0.2) is 5.78 Å². The minimum absolute atomic E-state index is 0.0875. The number of carbonyl (C=O) groups is 1. The number of phenolic OH excluding ortho intramolecular Hbond substituents is 1. The zero-order valence-electron chi connectivity index (χ0n) is 14.8. The van der Waals surface area contributed by atoms with Crippen molar-refractivity contribution in [1.29, 1.82) is 0 Å². The molecule has 2 unspecified atom stereocenters. The standard InChI is InChI=1S/C22H25NO3/c24-20-8-6-17(7-9-20)21(25)15-23-13-18-11-22(26,12-19(18)14-23)10-16-4-2-1-3-5-16/h1-9,18-19,24,26H,10-15H2/t18-,19?,22?/m0/s1. The lowest BCUT2D eigenvalue weighted by Crippen LogP contribution is -2.34. The zero-order chi connectivity index (χ0) is 18.1. The molecule has 3 atom stereocenters. The predicted octanol–water partition coefficient (Wildman–Crippen LogP) is 2.89. The van der Waals surface area contributed by atoms with Gasteiger partial charge in [0.2, 0.25) is 0 Å². The average Bonchev–Trinajstić information content (AvgIpc) is 3.10. The monoisotopic (exact) mass is 351 g/mol. The third-order valence-electron chi connectivity index (χ3n) is 5.87. The van der Waals surface area contributed by atoms with Crippen LogP contribution < -0.4 is 0 Å². The van der Waals surface area contributed by atoms with Gasteiger partial charge in [0.25, 0.3) is 0 Å². The third-order valence-corrected chi connectivity index (χ3v) is 5.87. The van der Waals surface area contributed by atoms with E-state index in [0.717, 1.165) is 25.9 Å². The Bertz CT molecular complexity index is 758. The van der Waals surface area contributed by atoms with E-state index in [1.165, 1.54) is 5.56 Å². The lowest BCUT2D eigenvalue weighted by Gasteiger charge is -2.26. The largest absolute Gasteiger partial charge is 0.508 e. The van der Waals surface area contributed by atoms with Gasteiger partial charge in [-0.05, 0) is 54.5 Å². The molecule has 0 bridgehead atoms. The van der Waals surface area contributed by atoms with Gasteiger partial charge < -0.3 is 10.2 Å². The second kappa shape index (κ2) is 6.86. The van der Waals surface area contributed by atoms with Crippen LogP contribution in [0.15, 0.2) is 54.6 Å². The molecular formula is C22H25NO3. The maximum absolute atomic E-state index is 12.4. The first-order valence-electron chi connectivity index (χ1n) is 9.32. The molecule has 1 saturated carbocycles. The molecule has 2 aliphatic rings. The zero-order valence-corrected chi connectivity index (χ0v) is 14.8. The smallest absolute Gasteiger partial charge is 0.176 e. The number of ketones is 1. The summed E-state index contributed by atoms with van der Waals surface area (Å²) in [6.45, 7) is 2.17. The minimum atomic E-state index is -0.607. The Morgan fingerprint density at radius 3 is 2.23 bits per heavy atom. The summed E-state index contributed by atoms with van der Waals surface area (Å²) in [5.41, 5.74) is 1.22. The Morgan fingerprint density at radius 1 is 1.00 bits per heavy atom. The van der Waals surface area contributed by atoms with E-state index >= 15 is 0 Å². The van der Waals surface area contributed by atoms with Gasteiger partial charge in [0.1, 0.15) is 5.75 Å². The number of rotatable bonds is 5. The van der Waals surface area contributed by atoms with E-state index in [0.29, 0.717) is 30.4 Å². The molecular weight excluding hydrogens is 326 g/mol. The van der Waals surface area contributed by atoms with E-state index in [1.807, 2.05) is 18.2 Å². The number of benzene rings is 2. The Kier molecular flexibility index (Phi) is 4.55. The normalized spacial score (nSPS) is 28.2. The lowest BCUT2D eigenvalue weighted by atomic mass is 9.91. The number of aliphatic hydroxyl groups is 1. The number of aromatic hydroxyl groups is 1. The van der Waals surface area contributed by atoms with Crippen LogP contribution in [-0.2, 0) is 6.42 Å². The number of nitrogens with zero attached hydrogens (tertiary/aromatic N) is 1. The number of hydrogen-bond donors (Lipinski definition) is 2. The fourth-order valence-corrected chi connectivity index (χ4v) is 4.75. The van der Waals surface area contributed by atoms with Crippen molar-refractivity contribution in [3.8, 4) is 5.75 Å². The van der Waals surface area contributed by atoms with Gasteiger partial charge in [-0.15, -0.1) is 0 Å². The van der Waals surface area contributed by atoms with Crippen molar-refractivity contribution in [3.63, 3.8) is 0 Å². The van der Waals surface area contributed by atoms with Crippen molar-refractivity contribution in [2.45, 2.75) is 24.9 Å². The number of Topliss-reactive ketones (excluding diaryl/α,β-unsaturated/α-hetero) is 1. The van der Waals surface area contributed by atoms with Crippen LogP contribution in [0.3, 0.4) is 0 Å². The SMILES string of the molecule is O=C(CN1CC2CC(O)(Cc3ccccc3)C[C@H]2C1)c1ccc(O)cc1. The van der Waals surface area contributed by atoms with Crippen LogP contribution in [0.2, 0.25) is 0 Å². The molecule has 1 heterocycles. The summed E-state index contributed by atoms with van der Waals surface area (Å²) < 4.78 is 0. The second-order valence-electron chi connectivity index (χ2n) is 7.98. The summed E-state index contributed by atoms with van der Waals surface area (Å²) in [6, 6.07) is 16.6. The van der Waals surface area contributed by atoms with Crippen LogP contribution in [0.5, 0.6) is 5.75 Å². The van der Waals surface area contributed by atoms with Crippen molar-refractivity contribution in [2.75, 3.05) is 19.6 Å². The van der Waals surface area contributed by atoms with Crippen LogP contribution in [0.25, 0.3) is 0 Å². The molecule has 0 aromatic heterocycles. The molecule has 1 aliphatic heterocycles. The Hall–Kier alpha value is -2.17. The molecule has 0 spiro atoms. The Morgan fingerprint density at radius 2 is 1.62 bits per heavy atom. The summed E-state index contributed by atoms with van der Waals surface area (Å²) in [4.78, 5) is 14.6. The van der Waals surface area contributed by atoms with E-state index in [2.05, 4.69) is 17.0 Å². The number of likely N-dealkylation sites (tertiary alicyclic amines) is 1. The first kappa shape index (κ1) is 17.3. The third kappa shape index (κ3) is 3.67. The minimum Gasteiger partial charge on any atom is -0.508 e. The molecule has 2 aromatic rings. The van der Waals surface area contributed by atoms with Gasteiger partial charge >= 0.3 is 0 Å². The fraction of sp³-hybridized carbons (Fsp3) is 0.409. The highest BCUT2D eigenvalue weighted by Crippen LogP contribution is 2.45. The van der Waals surface area contributed by atoms with Crippen LogP contribution in [0, 0.1) is 11.8 Å². The molecule has 4 heteroatoms. The molecule has 2 N–H and O–H groups in total. The summed E-state index contributed by atoms with van der Waals surface area (Å²) in [7, 11) is 0. The highest BCUT2D eigenvalue weighted by Gasteiger charge is 2.48. The maximum Gasteiger partial charge on any atom is 0.176 e. The van der Waals surface area contributed by atoms with E-state index in [1.54, 1.807) is 24.3 Å². The van der Waals surface area contributed by atoms with Crippen LogP contribution in [-0.4, -0.2) is 46.1 Å². The molecule has 0 amide bonds. The molecule has 4 rings (SSSR count). The van der Waals surface area contributed by atoms with Crippen LogP contribution in [0.1, 0.15) is 28.8 Å². The Balaban J connectivity index is 1.33. The highest BCUT2D eigenvalue weighted by atomic mass is 16.3.